The van der Waals surface area contributed by atoms with Crippen LogP contribution in [0.1, 0.15) is 33.7 Å². The van der Waals surface area contributed by atoms with E-state index in [1.807, 2.05) is 29.2 Å². The fourth-order valence-electron chi connectivity index (χ4n) is 3.33. The molecule has 1 fully saturated rings. The lowest BCUT2D eigenvalue weighted by atomic mass is 10.1. The maximum Gasteiger partial charge on any atom is 0.278 e. The van der Waals surface area contributed by atoms with Crippen LogP contribution >= 0.6 is 0 Å². The summed E-state index contributed by atoms with van der Waals surface area (Å²) in [5.74, 6) is -0.381. The van der Waals surface area contributed by atoms with Crippen LogP contribution < -0.4 is 11.1 Å². The molecular weight excluding hydrogens is 366 g/mol. The molecule has 7 heteroatoms. The van der Waals surface area contributed by atoms with Crippen molar-refractivity contribution >= 4 is 23.3 Å². The molecule has 29 heavy (non-hydrogen) atoms. The number of nitrogen functional groups attached to an aromatic ring is 1. The molecule has 1 aliphatic heterocycles. The van der Waals surface area contributed by atoms with Crippen LogP contribution in [0.3, 0.4) is 0 Å². The van der Waals surface area contributed by atoms with Gasteiger partial charge in [-0.05, 0) is 37.1 Å². The number of carbonyl (C=O) groups excluding carboxylic acids is 2. The number of hydrogen-bond acceptors (Lipinski definition) is 5. The zero-order valence-corrected chi connectivity index (χ0v) is 15.8. The molecule has 3 N–H and O–H groups in total. The number of para-hydroxylation sites is 1. The van der Waals surface area contributed by atoms with Crippen molar-refractivity contribution in [3.8, 4) is 11.3 Å². The summed E-state index contributed by atoms with van der Waals surface area (Å²) in [5, 5.41) is 2.76. The minimum atomic E-state index is -0.438. The van der Waals surface area contributed by atoms with Crippen LogP contribution in [0.4, 0.5) is 11.5 Å². The van der Waals surface area contributed by atoms with Crippen LogP contribution in [0.2, 0.25) is 0 Å². The molecule has 2 amide bonds. The van der Waals surface area contributed by atoms with Crippen LogP contribution in [-0.2, 0) is 0 Å². The number of benzene rings is 2. The minimum Gasteiger partial charge on any atom is -0.382 e. The molecule has 1 aliphatic rings. The van der Waals surface area contributed by atoms with Gasteiger partial charge in [0, 0.05) is 29.9 Å². The number of anilines is 2. The highest BCUT2D eigenvalue weighted by molar-refractivity contribution is 6.06. The van der Waals surface area contributed by atoms with Gasteiger partial charge in [0.05, 0.1) is 11.9 Å². The maximum atomic E-state index is 12.7. The average Bonchev–Trinajstić information content (AvgIpc) is 3.29. The fraction of sp³-hybridized carbons (Fsp3) is 0.182. The van der Waals surface area contributed by atoms with E-state index in [1.54, 1.807) is 30.3 Å². The zero-order chi connectivity index (χ0) is 20.2. The molecule has 0 aliphatic carbocycles. The molecule has 3 aromatic rings. The van der Waals surface area contributed by atoms with Gasteiger partial charge in [-0.1, -0.05) is 30.3 Å². The highest BCUT2D eigenvalue weighted by atomic mass is 16.2. The number of nitrogens with zero attached hydrogens (tertiary/aromatic N) is 3. The van der Waals surface area contributed by atoms with Gasteiger partial charge in [-0.15, -0.1) is 0 Å². The van der Waals surface area contributed by atoms with E-state index >= 15 is 0 Å². The molecule has 0 atom stereocenters. The molecule has 1 saturated heterocycles. The van der Waals surface area contributed by atoms with E-state index in [0.717, 1.165) is 25.9 Å². The first-order valence-corrected chi connectivity index (χ1v) is 9.50. The standard InChI is InChI=1S/C22H21N5O2/c23-20-19(21(28)25-17-9-2-1-3-10-17)26-18(14-24-20)15-7-6-8-16(13-15)22(29)27-11-4-5-12-27/h1-3,6-10,13-14H,4-5,11-12H2,(H2,23,24)(H,25,28). The molecule has 146 valence electrons. The van der Waals surface area contributed by atoms with E-state index in [-0.39, 0.29) is 17.4 Å². The minimum absolute atomic E-state index is 0.00907. The first-order valence-electron chi connectivity index (χ1n) is 9.50. The number of amides is 2. The van der Waals surface area contributed by atoms with Gasteiger partial charge >= 0.3 is 0 Å². The monoisotopic (exact) mass is 387 g/mol. The highest BCUT2D eigenvalue weighted by Gasteiger charge is 2.20. The summed E-state index contributed by atoms with van der Waals surface area (Å²) in [7, 11) is 0. The molecule has 4 rings (SSSR count). The summed E-state index contributed by atoms with van der Waals surface area (Å²) in [6.07, 6.45) is 3.58. The van der Waals surface area contributed by atoms with Crippen LogP contribution in [-0.4, -0.2) is 39.8 Å². The summed E-state index contributed by atoms with van der Waals surface area (Å²) in [6, 6.07) is 16.3. The first kappa shape index (κ1) is 18.6. The largest absolute Gasteiger partial charge is 0.382 e. The third kappa shape index (κ3) is 4.08. The summed E-state index contributed by atoms with van der Waals surface area (Å²) in [5.41, 5.74) is 8.35. The third-order valence-electron chi connectivity index (χ3n) is 4.85. The Labute approximate surface area is 168 Å². The lowest BCUT2D eigenvalue weighted by molar-refractivity contribution is 0.0792. The van der Waals surface area contributed by atoms with E-state index in [9.17, 15) is 9.59 Å². The van der Waals surface area contributed by atoms with Crippen molar-refractivity contribution in [2.75, 3.05) is 24.1 Å². The lowest BCUT2D eigenvalue weighted by Gasteiger charge is -2.15. The second-order valence-electron chi connectivity index (χ2n) is 6.89. The Morgan fingerprint density at radius 2 is 1.76 bits per heavy atom. The molecule has 0 radical (unpaired) electrons. The zero-order valence-electron chi connectivity index (χ0n) is 15.8. The van der Waals surface area contributed by atoms with E-state index in [1.165, 1.54) is 6.20 Å². The molecular formula is C22H21N5O2. The Kier molecular flexibility index (Phi) is 5.20. The summed E-state index contributed by atoms with van der Waals surface area (Å²) in [6.45, 7) is 1.57. The molecule has 2 aromatic carbocycles. The van der Waals surface area contributed by atoms with Gasteiger partial charge in [0.25, 0.3) is 11.8 Å². The Hall–Kier alpha value is -3.74. The van der Waals surface area contributed by atoms with Crippen LogP contribution in [0.15, 0.2) is 60.8 Å². The van der Waals surface area contributed by atoms with Gasteiger partial charge in [0.15, 0.2) is 11.5 Å². The summed E-state index contributed by atoms with van der Waals surface area (Å²) < 4.78 is 0. The molecule has 0 bridgehead atoms. The van der Waals surface area contributed by atoms with Crippen molar-refractivity contribution in [2.24, 2.45) is 0 Å². The Morgan fingerprint density at radius 1 is 1.00 bits per heavy atom. The van der Waals surface area contributed by atoms with Gasteiger partial charge in [-0.3, -0.25) is 9.59 Å². The smallest absolute Gasteiger partial charge is 0.278 e. The van der Waals surface area contributed by atoms with Crippen LogP contribution in [0.5, 0.6) is 0 Å². The van der Waals surface area contributed by atoms with Crippen molar-refractivity contribution in [2.45, 2.75) is 12.8 Å². The number of hydrogen-bond donors (Lipinski definition) is 2. The van der Waals surface area contributed by atoms with Crippen LogP contribution in [0.25, 0.3) is 11.3 Å². The van der Waals surface area contributed by atoms with Crippen molar-refractivity contribution in [3.05, 3.63) is 72.1 Å². The predicted molar refractivity (Wildman–Crippen MR) is 111 cm³/mol. The van der Waals surface area contributed by atoms with Gasteiger partial charge in [-0.2, -0.15) is 0 Å². The SMILES string of the molecule is Nc1ncc(-c2cccc(C(=O)N3CCCC3)c2)nc1C(=O)Nc1ccccc1. The predicted octanol–water partition coefficient (Wildman–Crippen LogP) is 3.21. The lowest BCUT2D eigenvalue weighted by Crippen LogP contribution is -2.27. The molecule has 7 nitrogen and oxygen atoms in total. The van der Waals surface area contributed by atoms with Crippen molar-refractivity contribution in [3.63, 3.8) is 0 Å². The Bertz CT molecular complexity index is 1050. The quantitative estimate of drug-likeness (QED) is 0.716. The number of rotatable bonds is 4. The van der Waals surface area contributed by atoms with Crippen molar-refractivity contribution < 1.29 is 9.59 Å². The summed E-state index contributed by atoms with van der Waals surface area (Å²) >= 11 is 0. The number of aromatic nitrogens is 2. The number of carbonyl (C=O) groups is 2. The highest BCUT2D eigenvalue weighted by Crippen LogP contribution is 2.22. The fourth-order valence-corrected chi connectivity index (χ4v) is 3.33. The second-order valence-corrected chi connectivity index (χ2v) is 6.89. The van der Waals surface area contributed by atoms with E-state index < -0.39 is 5.91 Å². The number of likely N-dealkylation sites (tertiary alicyclic amines) is 1. The van der Waals surface area contributed by atoms with Gasteiger partial charge in [0.2, 0.25) is 0 Å². The first-order chi connectivity index (χ1) is 14.1. The maximum absolute atomic E-state index is 12.7. The van der Waals surface area contributed by atoms with Gasteiger partial charge < -0.3 is 16.0 Å². The van der Waals surface area contributed by atoms with Crippen LogP contribution in [0, 0.1) is 0 Å². The van der Waals surface area contributed by atoms with E-state index in [0.29, 0.717) is 22.5 Å². The van der Waals surface area contributed by atoms with Crippen molar-refractivity contribution in [1.29, 1.82) is 0 Å². The molecule has 2 heterocycles. The third-order valence-corrected chi connectivity index (χ3v) is 4.85. The molecule has 1 aromatic heterocycles. The van der Waals surface area contributed by atoms with Gasteiger partial charge in [-0.25, -0.2) is 9.97 Å². The topological polar surface area (TPSA) is 101 Å². The molecule has 0 saturated carbocycles. The molecule has 0 unspecified atom stereocenters. The van der Waals surface area contributed by atoms with E-state index in [2.05, 4.69) is 15.3 Å². The Balaban J connectivity index is 1.61. The van der Waals surface area contributed by atoms with Crippen molar-refractivity contribution in [1.82, 2.24) is 14.9 Å². The Morgan fingerprint density at radius 3 is 2.52 bits per heavy atom. The van der Waals surface area contributed by atoms with Gasteiger partial charge in [0.1, 0.15) is 0 Å². The second kappa shape index (κ2) is 8.10. The molecule has 0 spiro atoms. The number of nitrogens with one attached hydrogen (secondary N) is 1. The average molecular weight is 387 g/mol. The van der Waals surface area contributed by atoms with E-state index in [4.69, 9.17) is 5.73 Å². The number of nitrogens with two attached hydrogens (primary N) is 1. The normalized spacial score (nSPS) is 13.3. The summed E-state index contributed by atoms with van der Waals surface area (Å²) in [4.78, 5) is 35.7.